The Kier molecular flexibility index (Phi) is 51.9. The summed E-state index contributed by atoms with van der Waals surface area (Å²) in [5, 5.41) is 23.9. The Bertz CT molecular complexity index is 1030. The Morgan fingerprint density at radius 2 is 0.785 bits per heavy atom. The van der Waals surface area contributed by atoms with Gasteiger partial charge in [0.2, 0.25) is 5.91 Å². The molecule has 0 rings (SSSR count). The van der Waals surface area contributed by atoms with E-state index in [4.69, 9.17) is 4.74 Å². The van der Waals surface area contributed by atoms with Crippen LogP contribution in [-0.2, 0) is 14.3 Å². The van der Waals surface area contributed by atoms with Crippen LogP contribution < -0.4 is 5.32 Å². The van der Waals surface area contributed by atoms with Crippen molar-refractivity contribution in [1.82, 2.24) is 5.32 Å². The molecule has 3 atom stereocenters. The van der Waals surface area contributed by atoms with Gasteiger partial charge in [-0.15, -0.1) is 0 Å². The van der Waals surface area contributed by atoms with E-state index in [1.54, 1.807) is 0 Å². The molecule has 3 unspecified atom stereocenters. The number of hydrogen-bond donors (Lipinski definition) is 3. The standard InChI is InChI=1S/C59H113NO5/c1-4-7-10-13-16-19-22-25-28-29-31-32-35-38-41-44-47-50-55(65-59(64)52-49-46-43-40-37-34-27-24-21-18-15-12-9-6-3)53-58(63)60-56(54-61)57(62)51-48-45-42-39-36-33-30-26-23-20-17-14-11-8-5-2/h16,19,25,28,55-57,61-62H,4-15,17-18,20-24,26-27,29-54H2,1-3H3,(H,60,63)/b19-16-,28-25-. The topological polar surface area (TPSA) is 95.9 Å². The average molecular weight is 917 g/mol. The first-order valence-electron chi connectivity index (χ1n) is 29.1. The zero-order valence-electron chi connectivity index (χ0n) is 43.9. The van der Waals surface area contributed by atoms with Crippen LogP contribution in [0.2, 0.25) is 0 Å². The molecule has 0 spiro atoms. The van der Waals surface area contributed by atoms with Gasteiger partial charge in [0.15, 0.2) is 0 Å². The van der Waals surface area contributed by atoms with Crippen LogP contribution in [0.15, 0.2) is 24.3 Å². The molecular formula is C59H113NO5. The van der Waals surface area contributed by atoms with Crippen molar-refractivity contribution in [3.8, 4) is 0 Å². The molecule has 0 aliphatic rings. The largest absolute Gasteiger partial charge is 0.462 e. The van der Waals surface area contributed by atoms with Crippen LogP contribution in [0.1, 0.15) is 316 Å². The number of carbonyl (C=O) groups is 2. The average Bonchev–Trinajstić information content (AvgIpc) is 3.30. The predicted molar refractivity (Wildman–Crippen MR) is 283 cm³/mol. The number of carbonyl (C=O) groups excluding carboxylic acids is 2. The highest BCUT2D eigenvalue weighted by atomic mass is 16.5. The van der Waals surface area contributed by atoms with E-state index in [0.29, 0.717) is 19.3 Å². The van der Waals surface area contributed by atoms with Gasteiger partial charge in [0.25, 0.3) is 0 Å². The van der Waals surface area contributed by atoms with Gasteiger partial charge in [0.05, 0.1) is 25.2 Å². The number of aliphatic hydroxyl groups is 2. The lowest BCUT2D eigenvalue weighted by Crippen LogP contribution is -2.46. The summed E-state index contributed by atoms with van der Waals surface area (Å²) in [4.78, 5) is 26.3. The van der Waals surface area contributed by atoms with Crippen molar-refractivity contribution in [3.63, 3.8) is 0 Å². The highest BCUT2D eigenvalue weighted by Crippen LogP contribution is 2.19. The van der Waals surface area contributed by atoms with Crippen molar-refractivity contribution in [2.45, 2.75) is 334 Å². The number of esters is 1. The third kappa shape index (κ3) is 48.6. The minimum Gasteiger partial charge on any atom is -0.462 e. The van der Waals surface area contributed by atoms with Crippen molar-refractivity contribution in [3.05, 3.63) is 24.3 Å². The van der Waals surface area contributed by atoms with Gasteiger partial charge in [-0.1, -0.05) is 270 Å². The van der Waals surface area contributed by atoms with Crippen LogP contribution in [0.4, 0.5) is 0 Å². The van der Waals surface area contributed by atoms with Gasteiger partial charge in [-0.05, 0) is 57.8 Å². The summed E-state index contributed by atoms with van der Waals surface area (Å²) in [5.41, 5.74) is 0. The second kappa shape index (κ2) is 53.3. The molecule has 0 aromatic carbocycles. The Labute approximate surface area is 405 Å². The van der Waals surface area contributed by atoms with E-state index >= 15 is 0 Å². The number of hydrogen-bond acceptors (Lipinski definition) is 5. The molecule has 0 radical (unpaired) electrons. The van der Waals surface area contributed by atoms with E-state index in [1.807, 2.05) is 0 Å². The van der Waals surface area contributed by atoms with Crippen molar-refractivity contribution in [2.75, 3.05) is 6.61 Å². The van der Waals surface area contributed by atoms with E-state index in [-0.39, 0.29) is 24.9 Å². The molecule has 6 nitrogen and oxygen atoms in total. The van der Waals surface area contributed by atoms with Gasteiger partial charge in [-0.25, -0.2) is 0 Å². The van der Waals surface area contributed by atoms with Gasteiger partial charge in [-0.3, -0.25) is 9.59 Å². The molecule has 0 saturated heterocycles. The van der Waals surface area contributed by atoms with Crippen molar-refractivity contribution < 1.29 is 24.5 Å². The molecule has 1 amide bonds. The molecular weight excluding hydrogens is 803 g/mol. The third-order valence-electron chi connectivity index (χ3n) is 13.5. The molecule has 0 bridgehead atoms. The first-order chi connectivity index (χ1) is 32.0. The molecule has 0 aromatic heterocycles. The van der Waals surface area contributed by atoms with Gasteiger partial charge in [-0.2, -0.15) is 0 Å². The summed E-state index contributed by atoms with van der Waals surface area (Å²) < 4.78 is 5.96. The van der Waals surface area contributed by atoms with Gasteiger partial charge < -0.3 is 20.3 Å². The number of allylic oxidation sites excluding steroid dienone is 4. The monoisotopic (exact) mass is 916 g/mol. The van der Waals surface area contributed by atoms with Gasteiger partial charge >= 0.3 is 5.97 Å². The normalized spacial score (nSPS) is 13.2. The Morgan fingerprint density at radius 3 is 1.20 bits per heavy atom. The summed E-state index contributed by atoms with van der Waals surface area (Å²) in [7, 11) is 0. The molecule has 65 heavy (non-hydrogen) atoms. The minimum atomic E-state index is -0.787. The van der Waals surface area contributed by atoms with E-state index < -0.39 is 18.2 Å². The van der Waals surface area contributed by atoms with E-state index in [1.165, 1.54) is 205 Å². The molecule has 6 heteroatoms. The maximum absolute atomic E-state index is 13.3. The summed E-state index contributed by atoms with van der Waals surface area (Å²) in [6.45, 7) is 6.50. The molecule has 3 N–H and O–H groups in total. The number of nitrogens with one attached hydrogen (secondary N) is 1. The van der Waals surface area contributed by atoms with Crippen molar-refractivity contribution in [2.24, 2.45) is 0 Å². The number of rotatable bonds is 53. The second-order valence-corrected chi connectivity index (χ2v) is 20.1. The zero-order valence-corrected chi connectivity index (χ0v) is 43.9. The van der Waals surface area contributed by atoms with Crippen LogP contribution in [0, 0.1) is 0 Å². The lowest BCUT2D eigenvalue weighted by Gasteiger charge is -2.24. The Hall–Kier alpha value is -1.66. The molecule has 0 saturated carbocycles. The Balaban J connectivity index is 4.54. The van der Waals surface area contributed by atoms with E-state index in [9.17, 15) is 19.8 Å². The van der Waals surface area contributed by atoms with Crippen molar-refractivity contribution >= 4 is 11.9 Å². The minimum absolute atomic E-state index is 0.0782. The van der Waals surface area contributed by atoms with Crippen LogP contribution in [0.25, 0.3) is 0 Å². The van der Waals surface area contributed by atoms with E-state index in [0.717, 1.165) is 64.2 Å². The third-order valence-corrected chi connectivity index (χ3v) is 13.5. The first kappa shape index (κ1) is 63.3. The maximum Gasteiger partial charge on any atom is 0.306 e. The molecule has 0 aliphatic heterocycles. The molecule has 0 aliphatic carbocycles. The summed E-state index contributed by atoms with van der Waals surface area (Å²) in [6, 6.07) is -0.700. The molecule has 0 fully saturated rings. The zero-order chi connectivity index (χ0) is 47.4. The highest BCUT2D eigenvalue weighted by molar-refractivity contribution is 5.77. The van der Waals surface area contributed by atoms with E-state index in [2.05, 4.69) is 50.4 Å². The Morgan fingerprint density at radius 1 is 0.446 bits per heavy atom. The van der Waals surface area contributed by atoms with Gasteiger partial charge in [0.1, 0.15) is 6.10 Å². The first-order valence-corrected chi connectivity index (χ1v) is 29.1. The maximum atomic E-state index is 13.3. The fourth-order valence-electron chi connectivity index (χ4n) is 9.11. The summed E-state index contributed by atoms with van der Waals surface area (Å²) in [6.07, 6.45) is 62.4. The lowest BCUT2D eigenvalue weighted by molar-refractivity contribution is -0.151. The summed E-state index contributed by atoms with van der Waals surface area (Å²) >= 11 is 0. The van der Waals surface area contributed by atoms with Crippen LogP contribution in [0.3, 0.4) is 0 Å². The fourth-order valence-corrected chi connectivity index (χ4v) is 9.11. The van der Waals surface area contributed by atoms with Crippen LogP contribution in [0.5, 0.6) is 0 Å². The van der Waals surface area contributed by atoms with Crippen LogP contribution in [-0.4, -0.2) is 46.9 Å². The predicted octanol–water partition coefficient (Wildman–Crippen LogP) is 17.9. The SMILES string of the molecule is CCCCC/C=C\C/C=C\CCCCCCCCCC(CC(=O)NC(CO)C(O)CCCCCCCCCCCCCCCCC)OC(=O)CCCCCCCCCCCCCCCC. The smallest absolute Gasteiger partial charge is 0.306 e. The lowest BCUT2D eigenvalue weighted by atomic mass is 10.0. The van der Waals surface area contributed by atoms with Crippen LogP contribution >= 0.6 is 0 Å². The number of aliphatic hydroxyl groups excluding tert-OH is 2. The molecule has 0 aromatic rings. The summed E-state index contributed by atoms with van der Waals surface area (Å²) in [5.74, 6) is -0.461. The quantitative estimate of drug-likeness (QED) is 0.0321. The highest BCUT2D eigenvalue weighted by Gasteiger charge is 2.24. The molecule has 384 valence electrons. The number of unbranched alkanes of at least 4 members (excludes halogenated alkanes) is 37. The second-order valence-electron chi connectivity index (χ2n) is 20.1. The van der Waals surface area contributed by atoms with Gasteiger partial charge in [0, 0.05) is 6.42 Å². The number of amides is 1. The number of ether oxygens (including phenoxy) is 1. The fraction of sp³-hybridized carbons (Fsp3) is 0.898. The van der Waals surface area contributed by atoms with Crippen molar-refractivity contribution in [1.29, 1.82) is 0 Å². The molecule has 0 heterocycles.